The van der Waals surface area contributed by atoms with Gasteiger partial charge in [-0.15, -0.1) is 0 Å². The fourth-order valence-corrected chi connectivity index (χ4v) is 2.33. The molecule has 3 atom stereocenters. The first-order chi connectivity index (χ1) is 6.44. The third-order valence-electron chi connectivity index (χ3n) is 3.39. The van der Waals surface area contributed by atoms with Crippen molar-refractivity contribution in [3.63, 3.8) is 0 Å². The first-order valence-corrected chi connectivity index (χ1v) is 5.88. The van der Waals surface area contributed by atoms with Gasteiger partial charge in [0.1, 0.15) is 0 Å². The van der Waals surface area contributed by atoms with Crippen molar-refractivity contribution in [1.29, 1.82) is 0 Å². The van der Waals surface area contributed by atoms with Crippen molar-refractivity contribution in [2.75, 3.05) is 0 Å². The van der Waals surface area contributed by atoms with Gasteiger partial charge in [0.2, 0.25) is 0 Å². The number of rotatable bonds is 4. The van der Waals surface area contributed by atoms with E-state index >= 15 is 0 Å². The van der Waals surface area contributed by atoms with E-state index in [-0.39, 0.29) is 5.60 Å². The van der Waals surface area contributed by atoms with Crippen molar-refractivity contribution < 1.29 is 4.74 Å². The quantitative estimate of drug-likeness (QED) is 0.755. The minimum Gasteiger partial charge on any atom is -0.372 e. The molecule has 2 heteroatoms. The zero-order valence-electron chi connectivity index (χ0n) is 10.0. The number of nitrogens with two attached hydrogens (primary N) is 1. The fraction of sp³-hybridized carbons (Fsp3) is 1.00. The highest BCUT2D eigenvalue weighted by atomic mass is 16.5. The number of hydrogen-bond donors (Lipinski definition) is 1. The van der Waals surface area contributed by atoms with Crippen molar-refractivity contribution in [3.05, 3.63) is 0 Å². The van der Waals surface area contributed by atoms with Gasteiger partial charge >= 0.3 is 0 Å². The van der Waals surface area contributed by atoms with E-state index in [4.69, 9.17) is 10.5 Å². The van der Waals surface area contributed by atoms with Crippen LogP contribution in [0.3, 0.4) is 0 Å². The van der Waals surface area contributed by atoms with Crippen LogP contribution in [0.2, 0.25) is 0 Å². The summed E-state index contributed by atoms with van der Waals surface area (Å²) in [5, 5.41) is 0. The topological polar surface area (TPSA) is 35.2 Å². The van der Waals surface area contributed by atoms with Crippen molar-refractivity contribution in [2.45, 2.75) is 71.1 Å². The molecule has 0 aromatic rings. The van der Waals surface area contributed by atoms with E-state index < -0.39 is 0 Å². The molecule has 2 nitrogen and oxygen atoms in total. The minimum atomic E-state index is 0.0980. The molecule has 0 amide bonds. The summed E-state index contributed by atoms with van der Waals surface area (Å²) in [5.74, 6) is 0.619. The lowest BCUT2D eigenvalue weighted by Crippen LogP contribution is -2.30. The summed E-state index contributed by atoms with van der Waals surface area (Å²) in [6.45, 7) is 8.68. The fourth-order valence-electron chi connectivity index (χ4n) is 2.33. The van der Waals surface area contributed by atoms with Gasteiger partial charge in [-0.25, -0.2) is 0 Å². The molecule has 1 aliphatic heterocycles. The molecule has 0 saturated carbocycles. The van der Waals surface area contributed by atoms with Gasteiger partial charge in [-0.05, 0) is 46.0 Å². The predicted octanol–water partition coefficient (Wildman–Crippen LogP) is 2.71. The van der Waals surface area contributed by atoms with Crippen molar-refractivity contribution in [1.82, 2.24) is 0 Å². The predicted molar refractivity (Wildman–Crippen MR) is 60.2 cm³/mol. The van der Waals surface area contributed by atoms with Crippen LogP contribution in [-0.2, 0) is 4.74 Å². The summed E-state index contributed by atoms with van der Waals surface area (Å²) in [6.07, 6.45) is 5.14. The Hall–Kier alpha value is -0.0800. The molecular formula is C12H25NO. The van der Waals surface area contributed by atoms with Crippen LogP contribution in [0.15, 0.2) is 0 Å². The van der Waals surface area contributed by atoms with E-state index in [0.717, 1.165) is 12.8 Å². The third-order valence-corrected chi connectivity index (χ3v) is 3.39. The smallest absolute Gasteiger partial charge is 0.0631 e. The lowest BCUT2D eigenvalue weighted by Gasteiger charge is -2.24. The van der Waals surface area contributed by atoms with Crippen LogP contribution >= 0.6 is 0 Å². The Morgan fingerprint density at radius 3 is 2.50 bits per heavy atom. The van der Waals surface area contributed by atoms with Gasteiger partial charge in [0.15, 0.2) is 0 Å². The van der Waals surface area contributed by atoms with E-state index in [0.29, 0.717) is 18.1 Å². The summed E-state index contributed by atoms with van der Waals surface area (Å²) in [5.41, 5.74) is 6.04. The standard InChI is InChI=1S/C12H25NO/c1-5-10(9(2)13)8-11-6-7-12(3,4)14-11/h9-11H,5-8,13H2,1-4H3. The summed E-state index contributed by atoms with van der Waals surface area (Å²) < 4.78 is 5.98. The maximum atomic E-state index is 5.98. The van der Waals surface area contributed by atoms with Crippen molar-refractivity contribution in [2.24, 2.45) is 11.7 Å². The number of hydrogen-bond acceptors (Lipinski definition) is 2. The van der Waals surface area contributed by atoms with Crippen molar-refractivity contribution >= 4 is 0 Å². The molecule has 14 heavy (non-hydrogen) atoms. The SMILES string of the molecule is CCC(CC1CCC(C)(C)O1)C(C)N. The summed E-state index contributed by atoms with van der Waals surface area (Å²) in [7, 11) is 0. The Kier molecular flexibility index (Phi) is 3.96. The molecule has 1 aliphatic rings. The molecule has 0 aromatic carbocycles. The highest BCUT2D eigenvalue weighted by Gasteiger charge is 2.33. The molecule has 0 aliphatic carbocycles. The summed E-state index contributed by atoms with van der Waals surface area (Å²) >= 11 is 0. The second-order valence-electron chi connectivity index (χ2n) is 5.30. The highest BCUT2D eigenvalue weighted by Crippen LogP contribution is 2.33. The van der Waals surface area contributed by atoms with Gasteiger partial charge in [-0.3, -0.25) is 0 Å². The zero-order valence-corrected chi connectivity index (χ0v) is 10.0. The van der Waals surface area contributed by atoms with Crippen LogP contribution < -0.4 is 5.73 Å². The first-order valence-electron chi connectivity index (χ1n) is 5.88. The molecule has 0 radical (unpaired) electrons. The highest BCUT2D eigenvalue weighted by molar-refractivity contribution is 4.83. The van der Waals surface area contributed by atoms with Crippen LogP contribution in [0.25, 0.3) is 0 Å². The lowest BCUT2D eigenvalue weighted by atomic mass is 9.91. The largest absolute Gasteiger partial charge is 0.372 e. The maximum absolute atomic E-state index is 5.98. The maximum Gasteiger partial charge on any atom is 0.0631 e. The Labute approximate surface area is 88.2 Å². The monoisotopic (exact) mass is 199 g/mol. The molecule has 0 aromatic heterocycles. The molecule has 0 bridgehead atoms. The lowest BCUT2D eigenvalue weighted by molar-refractivity contribution is -0.0258. The van der Waals surface area contributed by atoms with Gasteiger partial charge in [0.05, 0.1) is 11.7 Å². The molecule has 1 heterocycles. The van der Waals surface area contributed by atoms with Gasteiger partial charge in [-0.2, -0.15) is 0 Å². The molecular weight excluding hydrogens is 174 g/mol. The van der Waals surface area contributed by atoms with E-state index in [1.165, 1.54) is 12.8 Å². The Balaban J connectivity index is 2.38. The zero-order chi connectivity index (χ0) is 10.8. The molecule has 1 saturated heterocycles. The molecule has 1 rings (SSSR count). The number of ether oxygens (including phenoxy) is 1. The molecule has 0 spiro atoms. The molecule has 3 unspecified atom stereocenters. The van der Waals surface area contributed by atoms with Crippen LogP contribution in [0, 0.1) is 5.92 Å². The van der Waals surface area contributed by atoms with E-state index in [1.807, 2.05) is 0 Å². The molecule has 84 valence electrons. The van der Waals surface area contributed by atoms with Crippen molar-refractivity contribution in [3.8, 4) is 0 Å². The summed E-state index contributed by atoms with van der Waals surface area (Å²) in [6, 6.07) is 0.298. The Morgan fingerprint density at radius 2 is 2.14 bits per heavy atom. The van der Waals surface area contributed by atoms with Gasteiger partial charge < -0.3 is 10.5 Å². The van der Waals surface area contributed by atoms with Crippen LogP contribution in [-0.4, -0.2) is 17.7 Å². The van der Waals surface area contributed by atoms with E-state index in [2.05, 4.69) is 27.7 Å². The van der Waals surface area contributed by atoms with Gasteiger partial charge in [-0.1, -0.05) is 13.3 Å². The average molecular weight is 199 g/mol. The second kappa shape index (κ2) is 4.63. The van der Waals surface area contributed by atoms with Gasteiger partial charge in [0, 0.05) is 6.04 Å². The second-order valence-corrected chi connectivity index (χ2v) is 5.30. The van der Waals surface area contributed by atoms with Crippen LogP contribution in [0.1, 0.15) is 53.4 Å². The average Bonchev–Trinajstić information content (AvgIpc) is 2.41. The molecule has 2 N–H and O–H groups in total. The van der Waals surface area contributed by atoms with E-state index in [1.54, 1.807) is 0 Å². The Bertz CT molecular complexity index is 177. The summed E-state index contributed by atoms with van der Waals surface area (Å²) in [4.78, 5) is 0. The van der Waals surface area contributed by atoms with E-state index in [9.17, 15) is 0 Å². The first kappa shape index (κ1) is 12.0. The minimum absolute atomic E-state index is 0.0980. The molecule has 1 fully saturated rings. The normalized spacial score (nSPS) is 30.2. The Morgan fingerprint density at radius 1 is 1.50 bits per heavy atom. The van der Waals surface area contributed by atoms with Gasteiger partial charge in [0.25, 0.3) is 0 Å². The van der Waals surface area contributed by atoms with Crippen LogP contribution in [0.4, 0.5) is 0 Å². The van der Waals surface area contributed by atoms with Crippen LogP contribution in [0.5, 0.6) is 0 Å². The third kappa shape index (κ3) is 3.25.